The van der Waals surface area contributed by atoms with E-state index in [4.69, 9.17) is 4.42 Å². The largest absolute Gasteiger partial charge is 0.460 e. The van der Waals surface area contributed by atoms with Crippen molar-refractivity contribution in [1.29, 1.82) is 0 Å². The summed E-state index contributed by atoms with van der Waals surface area (Å²) in [4.78, 5) is 0. The van der Waals surface area contributed by atoms with E-state index in [0.717, 1.165) is 34.6 Å². The molecule has 98 valence electrons. The highest BCUT2D eigenvalue weighted by Crippen LogP contribution is 2.26. The Morgan fingerprint density at radius 1 is 1.22 bits per heavy atom. The number of benzene rings is 1. The van der Waals surface area contributed by atoms with Crippen LogP contribution in [0.5, 0.6) is 0 Å². The van der Waals surface area contributed by atoms with Gasteiger partial charge in [-0.2, -0.15) is 0 Å². The maximum Gasteiger partial charge on any atom is 0.134 e. The normalized spacial score (nSPS) is 10.2. The Balaban J connectivity index is 0.00000162. The van der Waals surface area contributed by atoms with Crippen molar-refractivity contribution >= 4 is 28.3 Å². The van der Waals surface area contributed by atoms with E-state index in [1.54, 1.807) is 0 Å². The third kappa shape index (κ3) is 3.61. The third-order valence-corrected chi connectivity index (χ3v) is 3.54. The van der Waals surface area contributed by atoms with Crippen LogP contribution < -0.4 is 5.32 Å². The summed E-state index contributed by atoms with van der Waals surface area (Å²) in [5.74, 6) is 1.90. The van der Waals surface area contributed by atoms with Gasteiger partial charge in [-0.15, -0.1) is 12.4 Å². The second kappa shape index (κ2) is 6.98. The van der Waals surface area contributed by atoms with Gasteiger partial charge in [0.05, 0.1) is 6.54 Å². The molecule has 2 aromatic rings. The fourth-order valence-corrected chi connectivity index (χ4v) is 1.92. The van der Waals surface area contributed by atoms with Crippen LogP contribution in [0, 0.1) is 6.92 Å². The van der Waals surface area contributed by atoms with Crippen LogP contribution in [0.4, 0.5) is 0 Å². The highest BCUT2D eigenvalue weighted by Gasteiger charge is 2.05. The van der Waals surface area contributed by atoms with E-state index >= 15 is 0 Å². The van der Waals surface area contributed by atoms with Crippen molar-refractivity contribution in [3.8, 4) is 11.3 Å². The van der Waals surface area contributed by atoms with E-state index in [2.05, 4.69) is 53.3 Å². The zero-order valence-electron chi connectivity index (χ0n) is 10.5. The van der Waals surface area contributed by atoms with Crippen molar-refractivity contribution in [3.63, 3.8) is 0 Å². The van der Waals surface area contributed by atoms with Gasteiger partial charge in [0.15, 0.2) is 0 Å². The summed E-state index contributed by atoms with van der Waals surface area (Å²) in [7, 11) is 0. The molecule has 0 radical (unpaired) electrons. The molecule has 0 aliphatic heterocycles. The van der Waals surface area contributed by atoms with Gasteiger partial charge in [-0.05, 0) is 43.3 Å². The summed E-state index contributed by atoms with van der Waals surface area (Å²) in [5, 5.41) is 3.25. The van der Waals surface area contributed by atoms with Crippen LogP contribution in [-0.2, 0) is 6.54 Å². The second-order valence-electron chi connectivity index (χ2n) is 4.01. The number of hydrogen-bond donors (Lipinski definition) is 1. The summed E-state index contributed by atoms with van der Waals surface area (Å²) < 4.78 is 6.91. The van der Waals surface area contributed by atoms with Crippen LogP contribution in [0.25, 0.3) is 11.3 Å². The minimum Gasteiger partial charge on any atom is -0.460 e. The first-order valence-corrected chi connectivity index (χ1v) is 6.56. The molecule has 4 heteroatoms. The fraction of sp³-hybridized carbons (Fsp3) is 0.286. The Hall–Kier alpha value is -0.770. The van der Waals surface area contributed by atoms with E-state index in [1.807, 2.05) is 12.1 Å². The Bertz CT molecular complexity index is 510. The molecular formula is C14H17BrClNO. The number of rotatable bonds is 4. The molecule has 0 saturated carbocycles. The first-order valence-electron chi connectivity index (χ1n) is 5.76. The molecule has 0 amide bonds. The minimum atomic E-state index is 0. The number of halogens is 2. The lowest BCUT2D eigenvalue weighted by Crippen LogP contribution is -2.10. The summed E-state index contributed by atoms with van der Waals surface area (Å²) in [6.07, 6.45) is 0. The smallest absolute Gasteiger partial charge is 0.134 e. The minimum absolute atomic E-state index is 0. The van der Waals surface area contributed by atoms with E-state index in [0.29, 0.717) is 0 Å². The molecular weight excluding hydrogens is 314 g/mol. The zero-order chi connectivity index (χ0) is 12.3. The van der Waals surface area contributed by atoms with Gasteiger partial charge >= 0.3 is 0 Å². The molecule has 1 aromatic heterocycles. The van der Waals surface area contributed by atoms with E-state index in [-0.39, 0.29) is 12.4 Å². The quantitative estimate of drug-likeness (QED) is 0.889. The van der Waals surface area contributed by atoms with Gasteiger partial charge < -0.3 is 9.73 Å². The number of aryl methyl sites for hydroxylation is 1. The van der Waals surface area contributed by atoms with Crippen molar-refractivity contribution in [2.24, 2.45) is 0 Å². The summed E-state index contributed by atoms with van der Waals surface area (Å²) in [5.41, 5.74) is 2.33. The molecule has 0 fully saturated rings. The molecule has 0 unspecified atom stereocenters. The Labute approximate surface area is 122 Å². The van der Waals surface area contributed by atoms with Crippen LogP contribution >= 0.6 is 28.3 Å². The van der Waals surface area contributed by atoms with Gasteiger partial charge in [0.1, 0.15) is 11.5 Å². The lowest BCUT2D eigenvalue weighted by Gasteiger charge is -2.02. The molecule has 18 heavy (non-hydrogen) atoms. The monoisotopic (exact) mass is 329 g/mol. The second-order valence-corrected chi connectivity index (χ2v) is 4.86. The SMILES string of the molecule is CCNCc1ccc(-c2ccc(Br)c(C)c2)o1.Cl. The zero-order valence-corrected chi connectivity index (χ0v) is 12.9. The molecule has 0 atom stereocenters. The van der Waals surface area contributed by atoms with Gasteiger partial charge in [0.2, 0.25) is 0 Å². The lowest BCUT2D eigenvalue weighted by molar-refractivity contribution is 0.498. The standard InChI is InChI=1S/C14H16BrNO.ClH/c1-3-16-9-12-5-7-14(17-12)11-4-6-13(15)10(2)8-11;/h4-8,16H,3,9H2,1-2H3;1H. The molecule has 0 aliphatic carbocycles. The van der Waals surface area contributed by atoms with Crippen molar-refractivity contribution in [2.45, 2.75) is 20.4 Å². The molecule has 1 N–H and O–H groups in total. The highest BCUT2D eigenvalue weighted by atomic mass is 79.9. The fourth-order valence-electron chi connectivity index (χ4n) is 1.67. The van der Waals surface area contributed by atoms with Crippen LogP contribution in [0.3, 0.4) is 0 Å². The number of hydrogen-bond acceptors (Lipinski definition) is 2. The van der Waals surface area contributed by atoms with Crippen molar-refractivity contribution < 1.29 is 4.42 Å². The van der Waals surface area contributed by atoms with Crippen molar-refractivity contribution in [2.75, 3.05) is 6.54 Å². The molecule has 1 aromatic carbocycles. The Morgan fingerprint density at radius 2 is 2.00 bits per heavy atom. The number of nitrogens with one attached hydrogen (secondary N) is 1. The lowest BCUT2D eigenvalue weighted by atomic mass is 10.1. The van der Waals surface area contributed by atoms with Crippen molar-refractivity contribution in [3.05, 3.63) is 46.1 Å². The summed E-state index contributed by atoms with van der Waals surface area (Å²) in [6, 6.07) is 10.3. The predicted molar refractivity (Wildman–Crippen MR) is 81.2 cm³/mol. The van der Waals surface area contributed by atoms with E-state index in [9.17, 15) is 0 Å². The molecule has 2 rings (SSSR count). The van der Waals surface area contributed by atoms with Crippen LogP contribution in [0.2, 0.25) is 0 Å². The van der Waals surface area contributed by atoms with Crippen LogP contribution in [-0.4, -0.2) is 6.54 Å². The van der Waals surface area contributed by atoms with Crippen LogP contribution in [0.15, 0.2) is 39.2 Å². The van der Waals surface area contributed by atoms with Crippen molar-refractivity contribution in [1.82, 2.24) is 5.32 Å². The van der Waals surface area contributed by atoms with Gasteiger partial charge in [0.25, 0.3) is 0 Å². The number of furan rings is 1. The maximum absolute atomic E-state index is 5.79. The molecule has 1 heterocycles. The molecule has 0 bridgehead atoms. The summed E-state index contributed by atoms with van der Waals surface area (Å²) in [6.45, 7) is 5.90. The van der Waals surface area contributed by atoms with Gasteiger partial charge in [-0.1, -0.05) is 28.9 Å². The average molecular weight is 331 g/mol. The topological polar surface area (TPSA) is 25.2 Å². The predicted octanol–water partition coefficient (Wildman–Crippen LogP) is 4.55. The average Bonchev–Trinajstić information content (AvgIpc) is 2.79. The highest BCUT2D eigenvalue weighted by molar-refractivity contribution is 9.10. The molecule has 0 saturated heterocycles. The molecule has 0 spiro atoms. The van der Waals surface area contributed by atoms with E-state index in [1.165, 1.54) is 5.56 Å². The van der Waals surface area contributed by atoms with E-state index < -0.39 is 0 Å². The Morgan fingerprint density at radius 3 is 2.67 bits per heavy atom. The maximum atomic E-state index is 5.79. The third-order valence-electron chi connectivity index (χ3n) is 2.65. The van der Waals surface area contributed by atoms with Gasteiger partial charge in [-0.25, -0.2) is 0 Å². The summed E-state index contributed by atoms with van der Waals surface area (Å²) >= 11 is 3.50. The van der Waals surface area contributed by atoms with Gasteiger partial charge in [-0.3, -0.25) is 0 Å². The first-order chi connectivity index (χ1) is 8.20. The van der Waals surface area contributed by atoms with Gasteiger partial charge in [0, 0.05) is 10.0 Å². The Kier molecular flexibility index (Phi) is 5.93. The first kappa shape index (κ1) is 15.3. The molecule has 2 nitrogen and oxygen atoms in total. The molecule has 0 aliphatic rings. The van der Waals surface area contributed by atoms with Crippen LogP contribution in [0.1, 0.15) is 18.2 Å².